The van der Waals surface area contributed by atoms with Crippen LogP contribution in [0.2, 0.25) is 0 Å². The molecule has 0 bridgehead atoms. The average molecular weight is 303 g/mol. The molecule has 0 saturated carbocycles. The highest BCUT2D eigenvalue weighted by Gasteiger charge is 2.16. The van der Waals surface area contributed by atoms with E-state index in [-0.39, 0.29) is 11.7 Å². The fraction of sp³-hybridized carbons (Fsp3) is 0.158. The molecule has 3 rings (SSSR count). The second-order valence-electron chi connectivity index (χ2n) is 5.45. The molecule has 1 aromatic heterocycles. The Labute approximate surface area is 135 Å². The summed E-state index contributed by atoms with van der Waals surface area (Å²) in [6, 6.07) is 20.0. The smallest absolute Gasteiger partial charge is 0.233 e. The van der Waals surface area contributed by atoms with Gasteiger partial charge in [-0.1, -0.05) is 48.0 Å². The van der Waals surface area contributed by atoms with E-state index in [0.717, 1.165) is 16.7 Å². The minimum Gasteiger partial charge on any atom is -0.419 e. The zero-order valence-electron chi connectivity index (χ0n) is 13.1. The first kappa shape index (κ1) is 14.9. The van der Waals surface area contributed by atoms with Crippen molar-refractivity contribution in [3.05, 3.63) is 71.4 Å². The van der Waals surface area contributed by atoms with Crippen molar-refractivity contribution < 1.29 is 4.42 Å². The number of nitriles is 1. The van der Waals surface area contributed by atoms with E-state index < -0.39 is 0 Å². The van der Waals surface area contributed by atoms with Crippen LogP contribution < -0.4 is 5.32 Å². The fourth-order valence-electron chi connectivity index (χ4n) is 2.34. The first-order valence-corrected chi connectivity index (χ1v) is 7.47. The van der Waals surface area contributed by atoms with Gasteiger partial charge in [-0.25, -0.2) is 0 Å². The van der Waals surface area contributed by atoms with Crippen LogP contribution >= 0.6 is 0 Å². The van der Waals surface area contributed by atoms with E-state index in [1.165, 1.54) is 0 Å². The summed E-state index contributed by atoms with van der Waals surface area (Å²) in [6.45, 7) is 4.04. The molecule has 4 nitrogen and oxygen atoms in total. The summed E-state index contributed by atoms with van der Waals surface area (Å²) in [7, 11) is 0. The highest BCUT2D eigenvalue weighted by Crippen LogP contribution is 2.28. The van der Waals surface area contributed by atoms with Gasteiger partial charge >= 0.3 is 0 Å². The number of rotatable bonds is 4. The lowest BCUT2D eigenvalue weighted by molar-refractivity contribution is 0.578. The summed E-state index contributed by atoms with van der Waals surface area (Å²) in [4.78, 5) is 4.29. The molecule has 4 heteroatoms. The molecule has 2 aromatic carbocycles. The molecule has 3 aromatic rings. The van der Waals surface area contributed by atoms with Gasteiger partial charge < -0.3 is 9.73 Å². The quantitative estimate of drug-likeness (QED) is 0.759. The van der Waals surface area contributed by atoms with Crippen LogP contribution in [0.25, 0.3) is 11.5 Å². The van der Waals surface area contributed by atoms with Gasteiger partial charge in [0.25, 0.3) is 0 Å². The Balaban J connectivity index is 1.88. The second-order valence-corrected chi connectivity index (χ2v) is 5.45. The van der Waals surface area contributed by atoms with Gasteiger partial charge in [-0.05, 0) is 31.5 Å². The normalized spacial score (nSPS) is 11.7. The lowest BCUT2D eigenvalue weighted by Gasteiger charge is -2.13. The predicted molar refractivity (Wildman–Crippen MR) is 89.9 cm³/mol. The molecule has 0 radical (unpaired) electrons. The van der Waals surface area contributed by atoms with Crippen molar-refractivity contribution in [1.29, 1.82) is 5.26 Å². The third kappa shape index (κ3) is 3.24. The number of aromatic nitrogens is 1. The topological polar surface area (TPSA) is 61.9 Å². The lowest BCUT2D eigenvalue weighted by Crippen LogP contribution is -2.06. The molecule has 0 amide bonds. The van der Waals surface area contributed by atoms with E-state index in [2.05, 4.69) is 16.4 Å². The molecule has 1 atom stereocenters. The minimum absolute atomic E-state index is 0.0158. The zero-order valence-corrected chi connectivity index (χ0v) is 13.1. The Bertz CT molecular complexity index is 829. The number of benzene rings is 2. The second kappa shape index (κ2) is 6.37. The minimum atomic E-state index is 0.0158. The van der Waals surface area contributed by atoms with E-state index >= 15 is 0 Å². The molecule has 0 aliphatic carbocycles. The summed E-state index contributed by atoms with van der Waals surface area (Å²) in [5.41, 5.74) is 3.40. The molecule has 0 unspecified atom stereocenters. The molecule has 0 aliphatic rings. The van der Waals surface area contributed by atoms with Gasteiger partial charge in [0, 0.05) is 5.56 Å². The highest BCUT2D eigenvalue weighted by molar-refractivity contribution is 5.59. The van der Waals surface area contributed by atoms with Crippen LogP contribution in [-0.2, 0) is 0 Å². The molecule has 0 saturated heterocycles. The third-order valence-corrected chi connectivity index (χ3v) is 3.68. The number of hydrogen-bond donors (Lipinski definition) is 1. The van der Waals surface area contributed by atoms with Gasteiger partial charge in [-0.2, -0.15) is 10.2 Å². The molecule has 23 heavy (non-hydrogen) atoms. The van der Waals surface area contributed by atoms with Gasteiger partial charge in [0.1, 0.15) is 6.07 Å². The van der Waals surface area contributed by atoms with Crippen molar-refractivity contribution in [2.24, 2.45) is 0 Å². The average Bonchev–Trinajstić information content (AvgIpc) is 2.99. The van der Waals surface area contributed by atoms with Gasteiger partial charge in [0.05, 0.1) is 6.04 Å². The van der Waals surface area contributed by atoms with Crippen LogP contribution in [0.5, 0.6) is 0 Å². The van der Waals surface area contributed by atoms with Crippen LogP contribution in [-0.4, -0.2) is 4.98 Å². The van der Waals surface area contributed by atoms with Gasteiger partial charge in [0.2, 0.25) is 17.5 Å². The Morgan fingerprint density at radius 2 is 1.78 bits per heavy atom. The lowest BCUT2D eigenvalue weighted by atomic mass is 10.1. The molecule has 1 N–H and O–H groups in total. The van der Waals surface area contributed by atoms with E-state index in [4.69, 9.17) is 4.42 Å². The van der Waals surface area contributed by atoms with E-state index in [1.807, 2.05) is 68.4 Å². The van der Waals surface area contributed by atoms with Crippen molar-refractivity contribution in [2.75, 3.05) is 5.32 Å². The first-order valence-electron chi connectivity index (χ1n) is 7.47. The van der Waals surface area contributed by atoms with Crippen molar-refractivity contribution >= 4 is 5.88 Å². The van der Waals surface area contributed by atoms with Gasteiger partial charge in [-0.15, -0.1) is 0 Å². The first-order chi connectivity index (χ1) is 11.2. The van der Waals surface area contributed by atoms with Crippen LogP contribution in [0, 0.1) is 18.3 Å². The Morgan fingerprint density at radius 3 is 2.43 bits per heavy atom. The molecule has 0 aliphatic heterocycles. The number of nitrogens with zero attached hydrogens (tertiary/aromatic N) is 2. The summed E-state index contributed by atoms with van der Waals surface area (Å²) in [6.07, 6.45) is 0. The van der Waals surface area contributed by atoms with E-state index in [1.54, 1.807) is 0 Å². The summed E-state index contributed by atoms with van der Waals surface area (Å²) in [5.74, 6) is 0.851. The molecule has 114 valence electrons. The van der Waals surface area contributed by atoms with Crippen LogP contribution in [0.15, 0.2) is 59.0 Å². The number of aryl methyl sites for hydroxylation is 1. The summed E-state index contributed by atoms with van der Waals surface area (Å²) >= 11 is 0. The third-order valence-electron chi connectivity index (χ3n) is 3.68. The Morgan fingerprint density at radius 1 is 1.09 bits per heavy atom. The van der Waals surface area contributed by atoms with Gasteiger partial charge in [0.15, 0.2) is 0 Å². The van der Waals surface area contributed by atoms with E-state index in [0.29, 0.717) is 11.8 Å². The molecule has 1 heterocycles. The van der Waals surface area contributed by atoms with Crippen molar-refractivity contribution in [1.82, 2.24) is 4.98 Å². The molecule has 0 fully saturated rings. The predicted octanol–water partition coefficient (Wildman–Crippen LogP) is 4.69. The standard InChI is InChI=1S/C19H17N3O/c1-13-8-10-16(11-9-13)18-22-17(12-20)19(23-18)21-14(2)15-6-4-3-5-7-15/h3-11,14,21H,1-2H3/t14-/m0/s1. The summed E-state index contributed by atoms with van der Waals surface area (Å²) < 4.78 is 5.78. The number of nitrogens with one attached hydrogen (secondary N) is 1. The van der Waals surface area contributed by atoms with Gasteiger partial charge in [-0.3, -0.25) is 0 Å². The van der Waals surface area contributed by atoms with Crippen LogP contribution in [0.4, 0.5) is 5.88 Å². The van der Waals surface area contributed by atoms with Crippen molar-refractivity contribution in [3.8, 4) is 17.5 Å². The van der Waals surface area contributed by atoms with Crippen molar-refractivity contribution in [3.63, 3.8) is 0 Å². The maximum atomic E-state index is 9.29. The van der Waals surface area contributed by atoms with Crippen LogP contribution in [0.1, 0.15) is 29.8 Å². The maximum Gasteiger partial charge on any atom is 0.233 e. The fourth-order valence-corrected chi connectivity index (χ4v) is 2.34. The largest absolute Gasteiger partial charge is 0.419 e. The number of oxazole rings is 1. The number of anilines is 1. The van der Waals surface area contributed by atoms with E-state index in [9.17, 15) is 5.26 Å². The van der Waals surface area contributed by atoms with Crippen molar-refractivity contribution in [2.45, 2.75) is 19.9 Å². The molecule has 0 spiro atoms. The highest BCUT2D eigenvalue weighted by atomic mass is 16.4. The summed E-state index contributed by atoms with van der Waals surface area (Å²) in [5, 5.41) is 12.5. The number of hydrogen-bond acceptors (Lipinski definition) is 4. The van der Waals surface area contributed by atoms with Crippen LogP contribution in [0.3, 0.4) is 0 Å². The molecular weight excluding hydrogens is 286 g/mol. The Kier molecular flexibility index (Phi) is 4.11. The zero-order chi connectivity index (χ0) is 16.2. The Hall–Kier alpha value is -3.06. The SMILES string of the molecule is Cc1ccc(-c2nc(C#N)c(N[C@@H](C)c3ccccc3)o2)cc1. The molecular formula is C19H17N3O. The monoisotopic (exact) mass is 303 g/mol. The maximum absolute atomic E-state index is 9.29.